The minimum Gasteiger partial charge on any atom is -0.397 e. The number of rotatable bonds is 6. The first-order valence-electron chi connectivity index (χ1n) is 5.69. The Morgan fingerprint density at radius 2 is 2.05 bits per heavy atom. The van der Waals surface area contributed by atoms with Gasteiger partial charge < -0.3 is 16.4 Å². The molecule has 106 valence electrons. The summed E-state index contributed by atoms with van der Waals surface area (Å²) in [6, 6.07) is 4.87. The van der Waals surface area contributed by atoms with Gasteiger partial charge in [0.1, 0.15) is 0 Å². The lowest BCUT2D eigenvalue weighted by Gasteiger charge is -2.10. The molecule has 7 nitrogen and oxygen atoms in total. The van der Waals surface area contributed by atoms with E-state index >= 15 is 0 Å². The van der Waals surface area contributed by atoms with Crippen LogP contribution in [0.3, 0.4) is 0 Å². The lowest BCUT2D eigenvalue weighted by Crippen LogP contribution is -2.19. The van der Waals surface area contributed by atoms with Crippen molar-refractivity contribution in [1.29, 1.82) is 0 Å². The maximum Gasteiger partial charge on any atom is 0.251 e. The van der Waals surface area contributed by atoms with E-state index in [0.717, 1.165) is 0 Å². The van der Waals surface area contributed by atoms with Crippen LogP contribution in [0.2, 0.25) is 0 Å². The van der Waals surface area contributed by atoms with Crippen molar-refractivity contribution in [2.24, 2.45) is 5.14 Å². The second kappa shape index (κ2) is 6.39. The Kier molecular flexibility index (Phi) is 5.13. The first-order valence-corrected chi connectivity index (χ1v) is 7.41. The molecular weight excluding hydrogens is 268 g/mol. The van der Waals surface area contributed by atoms with Crippen LogP contribution in [0.1, 0.15) is 16.8 Å². The molecule has 1 amide bonds. The van der Waals surface area contributed by atoms with E-state index in [1.54, 1.807) is 18.2 Å². The molecule has 0 atom stereocenters. The van der Waals surface area contributed by atoms with E-state index in [1.807, 2.05) is 0 Å². The zero-order chi connectivity index (χ0) is 14.5. The van der Waals surface area contributed by atoms with Gasteiger partial charge in [-0.15, -0.1) is 0 Å². The Labute approximate surface area is 112 Å². The van der Waals surface area contributed by atoms with E-state index in [2.05, 4.69) is 10.6 Å². The molecule has 0 heterocycles. The van der Waals surface area contributed by atoms with Crippen molar-refractivity contribution < 1.29 is 13.2 Å². The van der Waals surface area contributed by atoms with Gasteiger partial charge in [-0.2, -0.15) is 0 Å². The lowest BCUT2D eigenvalue weighted by atomic mass is 10.1. The molecular formula is C11H18N4O3S. The molecule has 0 aliphatic heterocycles. The molecule has 1 aromatic rings. The highest BCUT2D eigenvalue weighted by molar-refractivity contribution is 7.89. The number of hydrogen-bond donors (Lipinski definition) is 4. The number of nitrogen functional groups attached to an aromatic ring is 1. The maximum absolute atomic E-state index is 11.4. The lowest BCUT2D eigenvalue weighted by molar-refractivity contribution is 0.0963. The molecule has 0 radical (unpaired) electrons. The van der Waals surface area contributed by atoms with Gasteiger partial charge in [-0.3, -0.25) is 4.79 Å². The summed E-state index contributed by atoms with van der Waals surface area (Å²) in [5.74, 6) is -0.302. The van der Waals surface area contributed by atoms with Crippen molar-refractivity contribution in [3.05, 3.63) is 23.8 Å². The van der Waals surface area contributed by atoms with Crippen LogP contribution >= 0.6 is 0 Å². The Morgan fingerprint density at radius 1 is 1.37 bits per heavy atom. The molecule has 0 aliphatic rings. The van der Waals surface area contributed by atoms with Crippen LogP contribution in [0.15, 0.2) is 18.2 Å². The molecule has 1 aromatic carbocycles. The smallest absolute Gasteiger partial charge is 0.251 e. The van der Waals surface area contributed by atoms with Crippen LogP contribution in [0.5, 0.6) is 0 Å². The Morgan fingerprint density at radius 3 is 2.58 bits per heavy atom. The fourth-order valence-corrected chi connectivity index (χ4v) is 2.05. The van der Waals surface area contributed by atoms with Crippen LogP contribution in [0.25, 0.3) is 0 Å². The van der Waals surface area contributed by atoms with E-state index in [9.17, 15) is 13.2 Å². The molecule has 0 bridgehead atoms. The second-order valence-corrected chi connectivity index (χ2v) is 5.76. The molecule has 0 aromatic heterocycles. The third kappa shape index (κ3) is 5.14. The molecule has 0 fully saturated rings. The summed E-state index contributed by atoms with van der Waals surface area (Å²) in [5.41, 5.74) is 7.35. The van der Waals surface area contributed by atoms with Crippen LogP contribution in [0.4, 0.5) is 11.4 Å². The zero-order valence-corrected chi connectivity index (χ0v) is 11.5. The summed E-state index contributed by atoms with van der Waals surface area (Å²) in [4.78, 5) is 11.4. The van der Waals surface area contributed by atoms with Gasteiger partial charge in [-0.1, -0.05) is 0 Å². The summed E-state index contributed by atoms with van der Waals surface area (Å²) in [7, 11) is -1.89. The predicted octanol–water partition coefficient (Wildman–Crippen LogP) is -0.281. The normalized spacial score (nSPS) is 11.1. The van der Waals surface area contributed by atoms with Crippen LogP contribution < -0.4 is 21.5 Å². The van der Waals surface area contributed by atoms with Gasteiger partial charge >= 0.3 is 0 Å². The number of benzene rings is 1. The van der Waals surface area contributed by atoms with Crippen LogP contribution in [0, 0.1) is 0 Å². The SMILES string of the molecule is CNC(=O)c1ccc(NCCCS(N)(=O)=O)c(N)c1. The molecule has 8 heteroatoms. The summed E-state index contributed by atoms with van der Waals surface area (Å²) in [6.45, 7) is 0.431. The van der Waals surface area contributed by atoms with Gasteiger partial charge in [0.05, 0.1) is 17.1 Å². The number of sulfonamides is 1. The molecule has 19 heavy (non-hydrogen) atoms. The number of primary sulfonamides is 1. The predicted molar refractivity (Wildman–Crippen MR) is 75.3 cm³/mol. The number of carbonyl (C=O) groups is 1. The molecule has 0 saturated heterocycles. The van der Waals surface area contributed by atoms with Crippen molar-refractivity contribution in [2.45, 2.75) is 6.42 Å². The number of anilines is 2. The standard InChI is InChI=1S/C11H18N4O3S/c1-14-11(16)8-3-4-10(9(12)7-8)15-5-2-6-19(13,17)18/h3-4,7,15H,2,5-6,12H2,1H3,(H,14,16)(H2,13,17,18). The van der Waals surface area contributed by atoms with Crippen molar-refractivity contribution >= 4 is 27.3 Å². The monoisotopic (exact) mass is 286 g/mol. The molecule has 0 aliphatic carbocycles. The number of carbonyl (C=O) groups excluding carboxylic acids is 1. The van der Waals surface area contributed by atoms with Crippen LogP contribution in [-0.4, -0.2) is 33.7 Å². The van der Waals surface area contributed by atoms with Gasteiger partial charge in [0.25, 0.3) is 5.91 Å². The van der Waals surface area contributed by atoms with Gasteiger partial charge in [-0.05, 0) is 24.6 Å². The van der Waals surface area contributed by atoms with Gasteiger partial charge in [0.2, 0.25) is 10.0 Å². The summed E-state index contributed by atoms with van der Waals surface area (Å²) >= 11 is 0. The fourth-order valence-electron chi connectivity index (χ4n) is 1.51. The summed E-state index contributed by atoms with van der Waals surface area (Å²) < 4.78 is 21.5. The van der Waals surface area contributed by atoms with Crippen molar-refractivity contribution in [1.82, 2.24) is 5.32 Å². The highest BCUT2D eigenvalue weighted by Gasteiger charge is 2.07. The molecule has 6 N–H and O–H groups in total. The third-order valence-corrected chi connectivity index (χ3v) is 3.32. The van der Waals surface area contributed by atoms with Crippen molar-refractivity contribution in [3.8, 4) is 0 Å². The minimum absolute atomic E-state index is 0.0871. The first-order chi connectivity index (χ1) is 8.83. The molecule has 0 saturated carbocycles. The summed E-state index contributed by atoms with van der Waals surface area (Å²) in [6.07, 6.45) is 0.384. The Bertz CT molecular complexity index is 557. The van der Waals surface area contributed by atoms with E-state index in [4.69, 9.17) is 10.9 Å². The molecule has 0 unspecified atom stereocenters. The van der Waals surface area contributed by atoms with E-state index < -0.39 is 10.0 Å². The van der Waals surface area contributed by atoms with E-state index in [0.29, 0.717) is 29.9 Å². The minimum atomic E-state index is -3.43. The van der Waals surface area contributed by atoms with Gasteiger partial charge in [0.15, 0.2) is 0 Å². The second-order valence-electron chi connectivity index (χ2n) is 4.03. The average Bonchev–Trinajstić information content (AvgIpc) is 2.33. The Balaban J connectivity index is 2.58. The molecule has 1 rings (SSSR count). The fraction of sp³-hybridized carbons (Fsp3) is 0.364. The highest BCUT2D eigenvalue weighted by Crippen LogP contribution is 2.19. The third-order valence-electron chi connectivity index (χ3n) is 2.46. The maximum atomic E-state index is 11.4. The number of nitrogens with one attached hydrogen (secondary N) is 2. The van der Waals surface area contributed by atoms with Gasteiger partial charge in [-0.25, -0.2) is 13.6 Å². The van der Waals surface area contributed by atoms with Crippen molar-refractivity contribution in [2.75, 3.05) is 30.4 Å². The topological polar surface area (TPSA) is 127 Å². The number of hydrogen-bond acceptors (Lipinski definition) is 5. The number of nitrogens with two attached hydrogens (primary N) is 2. The average molecular weight is 286 g/mol. The largest absolute Gasteiger partial charge is 0.397 e. The highest BCUT2D eigenvalue weighted by atomic mass is 32.2. The van der Waals surface area contributed by atoms with Crippen molar-refractivity contribution in [3.63, 3.8) is 0 Å². The van der Waals surface area contributed by atoms with Gasteiger partial charge in [0, 0.05) is 19.2 Å². The quantitative estimate of drug-likeness (QED) is 0.422. The Hall–Kier alpha value is -1.80. The summed E-state index contributed by atoms with van der Waals surface area (Å²) in [5, 5.41) is 10.4. The number of amides is 1. The van der Waals surface area contributed by atoms with Crippen LogP contribution in [-0.2, 0) is 10.0 Å². The van der Waals surface area contributed by atoms with E-state index in [1.165, 1.54) is 7.05 Å². The first kappa shape index (κ1) is 15.3. The molecule has 0 spiro atoms. The zero-order valence-electron chi connectivity index (χ0n) is 10.6. The van der Waals surface area contributed by atoms with E-state index in [-0.39, 0.29) is 11.7 Å².